The van der Waals surface area contributed by atoms with Crippen LogP contribution in [0.3, 0.4) is 0 Å². The van der Waals surface area contributed by atoms with Crippen LogP contribution in [0.1, 0.15) is 25.3 Å². The van der Waals surface area contributed by atoms with Gasteiger partial charge in [0.05, 0.1) is 22.4 Å². The molecule has 1 atom stereocenters. The van der Waals surface area contributed by atoms with Gasteiger partial charge >= 0.3 is 0 Å². The summed E-state index contributed by atoms with van der Waals surface area (Å²) in [7, 11) is -3.74. The zero-order valence-corrected chi connectivity index (χ0v) is 21.1. The van der Waals surface area contributed by atoms with Gasteiger partial charge in [-0.25, -0.2) is 8.42 Å². The molecule has 0 unspecified atom stereocenters. The molecule has 0 spiro atoms. The SMILES string of the molecule is CCOc1ccc(S(=O)(=O)N2CCC[C@@H](C(=O)N3CCN(Cc4ccccc4)CC3)C2)cc1Cl. The standard InChI is InChI=1S/C25H32ClN3O4S/c1-2-33-24-11-10-22(17-23(24)26)34(31,32)29-12-6-9-21(19-29)25(30)28-15-13-27(14-16-28)18-20-7-4-3-5-8-20/h3-5,7-8,10-11,17,21H,2,6,9,12-16,18-19H2,1H3/t21-/m1/s1. The number of benzene rings is 2. The van der Waals surface area contributed by atoms with Gasteiger partial charge in [-0.1, -0.05) is 41.9 Å². The Bertz CT molecular complexity index is 1090. The minimum atomic E-state index is -3.74. The van der Waals surface area contributed by atoms with Crippen molar-refractivity contribution in [1.29, 1.82) is 0 Å². The van der Waals surface area contributed by atoms with Gasteiger partial charge in [0.2, 0.25) is 15.9 Å². The van der Waals surface area contributed by atoms with Crippen molar-refractivity contribution in [2.75, 3.05) is 45.9 Å². The molecular weight excluding hydrogens is 474 g/mol. The summed E-state index contributed by atoms with van der Waals surface area (Å²) in [6, 6.07) is 14.9. The molecule has 1 amide bonds. The van der Waals surface area contributed by atoms with Crippen LogP contribution >= 0.6 is 11.6 Å². The highest BCUT2D eigenvalue weighted by Gasteiger charge is 2.36. The lowest BCUT2D eigenvalue weighted by atomic mass is 9.97. The fourth-order valence-electron chi connectivity index (χ4n) is 4.65. The average molecular weight is 506 g/mol. The minimum Gasteiger partial charge on any atom is -0.492 e. The Kier molecular flexibility index (Phi) is 8.14. The normalized spacial score (nSPS) is 20.3. The Morgan fingerprint density at radius 1 is 1.06 bits per heavy atom. The predicted octanol–water partition coefficient (Wildman–Crippen LogP) is 3.48. The summed E-state index contributed by atoms with van der Waals surface area (Å²) < 4.78 is 33.4. The first kappa shape index (κ1) is 25.0. The number of halogens is 1. The van der Waals surface area contributed by atoms with Gasteiger partial charge in [0, 0.05) is 45.8 Å². The third-order valence-electron chi connectivity index (χ3n) is 6.51. The number of sulfonamides is 1. The molecule has 184 valence electrons. The van der Waals surface area contributed by atoms with Gasteiger partial charge in [-0.15, -0.1) is 0 Å². The molecule has 9 heteroatoms. The second-order valence-corrected chi connectivity index (χ2v) is 11.2. The van der Waals surface area contributed by atoms with E-state index in [-0.39, 0.29) is 28.3 Å². The molecule has 4 rings (SSSR count). The fraction of sp³-hybridized carbons (Fsp3) is 0.480. The quantitative estimate of drug-likeness (QED) is 0.576. The summed E-state index contributed by atoms with van der Waals surface area (Å²) in [5.41, 5.74) is 1.27. The zero-order valence-electron chi connectivity index (χ0n) is 19.5. The molecule has 2 fully saturated rings. The Balaban J connectivity index is 1.36. The largest absolute Gasteiger partial charge is 0.492 e. The summed E-state index contributed by atoms with van der Waals surface area (Å²) in [5, 5.41) is 0.265. The Morgan fingerprint density at radius 2 is 1.79 bits per heavy atom. The van der Waals surface area contributed by atoms with Crippen LogP contribution in [0.5, 0.6) is 5.75 Å². The lowest BCUT2D eigenvalue weighted by Crippen LogP contribution is -2.52. The van der Waals surface area contributed by atoms with Crippen molar-refractivity contribution in [2.24, 2.45) is 5.92 Å². The molecule has 2 aliphatic heterocycles. The highest BCUT2D eigenvalue weighted by Crippen LogP contribution is 2.31. The highest BCUT2D eigenvalue weighted by atomic mass is 35.5. The molecule has 0 aliphatic carbocycles. The third kappa shape index (κ3) is 5.74. The predicted molar refractivity (Wildman–Crippen MR) is 132 cm³/mol. The van der Waals surface area contributed by atoms with E-state index in [1.165, 1.54) is 22.0 Å². The van der Waals surface area contributed by atoms with E-state index in [0.717, 1.165) is 19.6 Å². The first-order chi connectivity index (χ1) is 16.4. The molecule has 0 bridgehead atoms. The number of amides is 1. The molecule has 2 heterocycles. The van der Waals surface area contributed by atoms with Gasteiger partial charge < -0.3 is 9.64 Å². The Hall–Kier alpha value is -2.13. The van der Waals surface area contributed by atoms with Gasteiger partial charge in [-0.2, -0.15) is 4.31 Å². The number of hydrogen-bond acceptors (Lipinski definition) is 5. The van der Waals surface area contributed by atoms with Crippen LogP contribution in [0.4, 0.5) is 0 Å². The Labute approximate surface area is 207 Å². The molecule has 2 aliphatic rings. The Morgan fingerprint density at radius 3 is 2.47 bits per heavy atom. The summed E-state index contributed by atoms with van der Waals surface area (Å²) in [4.78, 5) is 17.6. The van der Waals surface area contributed by atoms with Crippen molar-refractivity contribution in [1.82, 2.24) is 14.1 Å². The number of nitrogens with zero attached hydrogens (tertiary/aromatic N) is 3. The van der Waals surface area contributed by atoms with Gasteiger partial charge in [0.15, 0.2) is 0 Å². The van der Waals surface area contributed by atoms with Crippen LogP contribution in [0.25, 0.3) is 0 Å². The van der Waals surface area contributed by atoms with Crippen molar-refractivity contribution in [3.63, 3.8) is 0 Å². The molecule has 2 aromatic carbocycles. The molecule has 7 nitrogen and oxygen atoms in total. The highest BCUT2D eigenvalue weighted by molar-refractivity contribution is 7.89. The maximum Gasteiger partial charge on any atom is 0.243 e. The number of piperidine rings is 1. The smallest absolute Gasteiger partial charge is 0.243 e. The lowest BCUT2D eigenvalue weighted by Gasteiger charge is -2.38. The number of ether oxygens (including phenoxy) is 1. The summed E-state index contributed by atoms with van der Waals surface area (Å²) in [6.45, 7) is 6.76. The van der Waals surface area contributed by atoms with E-state index in [4.69, 9.17) is 16.3 Å². The third-order valence-corrected chi connectivity index (χ3v) is 8.66. The van der Waals surface area contributed by atoms with Gasteiger partial charge in [0.1, 0.15) is 5.75 Å². The number of carbonyl (C=O) groups is 1. The monoisotopic (exact) mass is 505 g/mol. The molecule has 2 saturated heterocycles. The van der Waals surface area contributed by atoms with E-state index in [0.29, 0.717) is 44.8 Å². The van der Waals surface area contributed by atoms with Crippen LogP contribution in [-0.4, -0.2) is 74.3 Å². The van der Waals surface area contributed by atoms with Crippen LogP contribution in [0.2, 0.25) is 5.02 Å². The van der Waals surface area contributed by atoms with Crippen molar-refractivity contribution >= 4 is 27.5 Å². The van der Waals surface area contributed by atoms with Crippen molar-refractivity contribution in [3.05, 3.63) is 59.1 Å². The van der Waals surface area contributed by atoms with E-state index in [2.05, 4.69) is 17.0 Å². The topological polar surface area (TPSA) is 70.2 Å². The van der Waals surface area contributed by atoms with Crippen LogP contribution in [0, 0.1) is 5.92 Å². The van der Waals surface area contributed by atoms with E-state index >= 15 is 0 Å². The van der Waals surface area contributed by atoms with E-state index in [9.17, 15) is 13.2 Å². The fourth-order valence-corrected chi connectivity index (χ4v) is 6.50. The lowest BCUT2D eigenvalue weighted by molar-refractivity contribution is -0.138. The summed E-state index contributed by atoms with van der Waals surface area (Å²) in [6.07, 6.45) is 1.37. The van der Waals surface area contributed by atoms with Crippen molar-refractivity contribution in [2.45, 2.75) is 31.2 Å². The first-order valence-electron chi connectivity index (χ1n) is 11.9. The molecule has 0 aromatic heterocycles. The average Bonchev–Trinajstić information content (AvgIpc) is 2.86. The molecule has 0 radical (unpaired) electrons. The van der Waals surface area contributed by atoms with Crippen LogP contribution in [-0.2, 0) is 21.4 Å². The van der Waals surface area contributed by atoms with Crippen molar-refractivity contribution < 1.29 is 17.9 Å². The van der Waals surface area contributed by atoms with Crippen molar-refractivity contribution in [3.8, 4) is 5.75 Å². The van der Waals surface area contributed by atoms with E-state index < -0.39 is 10.0 Å². The number of piperazine rings is 1. The molecule has 2 aromatic rings. The first-order valence-corrected chi connectivity index (χ1v) is 13.7. The number of rotatable bonds is 7. The molecule has 0 N–H and O–H groups in total. The van der Waals surface area contributed by atoms with Gasteiger partial charge in [-0.05, 0) is 43.5 Å². The van der Waals surface area contributed by atoms with E-state index in [1.54, 1.807) is 6.07 Å². The number of carbonyl (C=O) groups excluding carboxylic acids is 1. The summed E-state index contributed by atoms with van der Waals surface area (Å²) >= 11 is 6.22. The maximum absolute atomic E-state index is 13.3. The molecule has 34 heavy (non-hydrogen) atoms. The minimum absolute atomic E-state index is 0.0592. The van der Waals surface area contributed by atoms with Gasteiger partial charge in [0.25, 0.3) is 0 Å². The summed E-state index contributed by atoms with van der Waals surface area (Å²) in [5.74, 6) is 0.201. The van der Waals surface area contributed by atoms with Crippen LogP contribution in [0.15, 0.2) is 53.4 Å². The molecule has 0 saturated carbocycles. The zero-order chi connectivity index (χ0) is 24.1. The second-order valence-electron chi connectivity index (χ2n) is 8.81. The van der Waals surface area contributed by atoms with Gasteiger partial charge in [-0.3, -0.25) is 9.69 Å². The molecular formula is C25H32ClN3O4S. The second kappa shape index (κ2) is 11.1. The van der Waals surface area contributed by atoms with Crippen LogP contribution < -0.4 is 4.74 Å². The number of hydrogen-bond donors (Lipinski definition) is 0. The maximum atomic E-state index is 13.3. The van der Waals surface area contributed by atoms with E-state index in [1.807, 2.05) is 30.0 Å².